The number of hydrogen-bond donors (Lipinski definition) is 4. The lowest BCUT2D eigenvalue weighted by Crippen LogP contribution is -2.51. The topological polar surface area (TPSA) is 104 Å². The minimum absolute atomic E-state index is 0.0139. The molecule has 0 saturated carbocycles. The molecule has 0 spiro atoms. The Hall–Kier alpha value is -1.30. The maximum Gasteiger partial charge on any atom is 0.312 e. The van der Waals surface area contributed by atoms with Gasteiger partial charge in [-0.3, -0.25) is 4.79 Å². The molecule has 17 heavy (non-hydrogen) atoms. The van der Waals surface area contributed by atoms with Crippen LogP contribution in [0.1, 0.15) is 33.1 Å². The third-order valence-electron chi connectivity index (χ3n) is 2.38. The van der Waals surface area contributed by atoms with E-state index in [4.69, 9.17) is 10.8 Å². The first-order valence-corrected chi connectivity index (χ1v) is 5.93. The van der Waals surface area contributed by atoms with Gasteiger partial charge in [0.05, 0.1) is 0 Å². The molecule has 5 N–H and O–H groups in total. The van der Waals surface area contributed by atoms with Crippen LogP contribution < -0.4 is 16.4 Å². The fraction of sp³-hybridized carbons (Fsp3) is 0.818. The summed E-state index contributed by atoms with van der Waals surface area (Å²) in [6.07, 6.45) is 2.42. The fourth-order valence-corrected chi connectivity index (χ4v) is 1.42. The largest absolute Gasteiger partial charge is 0.396 e. The molecule has 0 aromatic rings. The van der Waals surface area contributed by atoms with E-state index in [1.807, 2.05) is 13.8 Å². The molecule has 0 radical (unpaired) electrons. The quantitative estimate of drug-likeness (QED) is 0.451. The van der Waals surface area contributed by atoms with Crippen LogP contribution in [-0.4, -0.2) is 36.2 Å². The summed E-state index contributed by atoms with van der Waals surface area (Å²) in [5.41, 5.74) is 5.01. The lowest BCUT2D eigenvalue weighted by atomic mass is 10.0. The summed E-state index contributed by atoms with van der Waals surface area (Å²) in [4.78, 5) is 22.5. The Kier molecular flexibility index (Phi) is 8.13. The van der Waals surface area contributed by atoms with E-state index in [9.17, 15) is 9.59 Å². The average Bonchev–Trinajstić information content (AvgIpc) is 2.24. The summed E-state index contributed by atoms with van der Waals surface area (Å²) in [6.45, 7) is 4.40. The molecule has 3 amide bonds. The molecule has 0 fully saturated rings. The number of hydrogen-bond acceptors (Lipinski definition) is 3. The number of nitrogens with two attached hydrogens (primary N) is 1. The number of carbonyl (C=O) groups is 2. The van der Waals surface area contributed by atoms with Crippen molar-refractivity contribution in [1.82, 2.24) is 10.6 Å². The van der Waals surface area contributed by atoms with Crippen molar-refractivity contribution in [1.29, 1.82) is 0 Å². The number of urea groups is 1. The van der Waals surface area contributed by atoms with Crippen molar-refractivity contribution < 1.29 is 14.7 Å². The highest BCUT2D eigenvalue weighted by atomic mass is 16.3. The molecule has 6 heteroatoms. The Morgan fingerprint density at radius 1 is 1.24 bits per heavy atom. The normalized spacial score (nSPS) is 12.2. The average molecular weight is 245 g/mol. The van der Waals surface area contributed by atoms with Crippen molar-refractivity contribution in [3.63, 3.8) is 0 Å². The van der Waals surface area contributed by atoms with E-state index in [0.717, 1.165) is 19.3 Å². The van der Waals surface area contributed by atoms with Crippen LogP contribution in [-0.2, 0) is 4.79 Å². The van der Waals surface area contributed by atoms with Crippen LogP contribution in [0.2, 0.25) is 0 Å². The van der Waals surface area contributed by atoms with Crippen LogP contribution in [0.25, 0.3) is 0 Å². The van der Waals surface area contributed by atoms with Crippen molar-refractivity contribution in [2.75, 3.05) is 13.2 Å². The Morgan fingerprint density at radius 2 is 1.88 bits per heavy atom. The van der Waals surface area contributed by atoms with Crippen molar-refractivity contribution in [3.05, 3.63) is 0 Å². The highest BCUT2D eigenvalue weighted by Crippen LogP contribution is 2.01. The molecule has 0 aliphatic rings. The van der Waals surface area contributed by atoms with Gasteiger partial charge in [0.25, 0.3) is 0 Å². The number of aliphatic hydroxyl groups is 1. The number of unbranched alkanes of at least 4 members (excludes halogenated alkanes) is 2. The zero-order chi connectivity index (χ0) is 13.3. The summed E-state index contributed by atoms with van der Waals surface area (Å²) >= 11 is 0. The number of rotatable bonds is 8. The number of carbonyl (C=O) groups excluding carboxylic acids is 2. The maximum atomic E-state index is 11.7. The van der Waals surface area contributed by atoms with Crippen molar-refractivity contribution in [2.24, 2.45) is 11.7 Å². The Morgan fingerprint density at radius 3 is 2.35 bits per heavy atom. The van der Waals surface area contributed by atoms with Gasteiger partial charge in [-0.15, -0.1) is 0 Å². The van der Waals surface area contributed by atoms with E-state index >= 15 is 0 Å². The van der Waals surface area contributed by atoms with Gasteiger partial charge in [0, 0.05) is 13.2 Å². The van der Waals surface area contributed by atoms with E-state index < -0.39 is 12.1 Å². The first kappa shape index (κ1) is 15.7. The molecule has 6 nitrogen and oxygen atoms in total. The highest BCUT2D eigenvalue weighted by Gasteiger charge is 2.22. The fourth-order valence-electron chi connectivity index (χ4n) is 1.42. The van der Waals surface area contributed by atoms with Gasteiger partial charge in [-0.05, 0) is 25.2 Å². The van der Waals surface area contributed by atoms with Gasteiger partial charge in [0.1, 0.15) is 6.04 Å². The second kappa shape index (κ2) is 8.81. The lowest BCUT2D eigenvalue weighted by molar-refractivity contribution is -0.123. The number of aliphatic hydroxyl groups excluding tert-OH is 1. The molecule has 0 heterocycles. The predicted octanol–water partition coefficient (Wildman–Crippen LogP) is -0.0419. The van der Waals surface area contributed by atoms with E-state index in [-0.39, 0.29) is 18.4 Å². The smallest absolute Gasteiger partial charge is 0.312 e. The maximum absolute atomic E-state index is 11.7. The van der Waals surface area contributed by atoms with Crippen molar-refractivity contribution in [3.8, 4) is 0 Å². The van der Waals surface area contributed by atoms with E-state index in [1.54, 1.807) is 0 Å². The molecule has 0 aromatic carbocycles. The van der Waals surface area contributed by atoms with Gasteiger partial charge in [-0.2, -0.15) is 0 Å². The third-order valence-corrected chi connectivity index (χ3v) is 2.38. The molecule has 0 aliphatic carbocycles. The second-order valence-electron chi connectivity index (χ2n) is 4.31. The monoisotopic (exact) mass is 245 g/mol. The first-order valence-electron chi connectivity index (χ1n) is 5.93. The Labute approximate surface area is 102 Å². The summed E-state index contributed by atoms with van der Waals surface area (Å²) < 4.78 is 0. The molecular weight excluding hydrogens is 222 g/mol. The SMILES string of the molecule is CC(C)C(NC(N)=O)C(=O)NCCCCCO. The van der Waals surface area contributed by atoms with Gasteiger partial charge in [0.2, 0.25) is 5.91 Å². The number of amides is 3. The standard InChI is InChI=1S/C11H23N3O3/c1-8(2)9(14-11(12)17)10(16)13-6-4-3-5-7-15/h8-9,15H,3-7H2,1-2H3,(H,13,16)(H3,12,14,17). The van der Waals surface area contributed by atoms with Crippen LogP contribution in [0.15, 0.2) is 0 Å². The van der Waals surface area contributed by atoms with E-state index in [0.29, 0.717) is 6.54 Å². The highest BCUT2D eigenvalue weighted by molar-refractivity contribution is 5.86. The van der Waals surface area contributed by atoms with Gasteiger partial charge in [-0.1, -0.05) is 13.8 Å². The zero-order valence-corrected chi connectivity index (χ0v) is 10.5. The number of nitrogens with one attached hydrogen (secondary N) is 2. The van der Waals surface area contributed by atoms with Crippen LogP contribution in [0.4, 0.5) is 4.79 Å². The number of primary amides is 1. The van der Waals surface area contributed by atoms with Crippen LogP contribution >= 0.6 is 0 Å². The summed E-state index contributed by atoms with van der Waals surface area (Å²) in [5, 5.41) is 13.7. The third kappa shape index (κ3) is 7.57. The van der Waals surface area contributed by atoms with Crippen LogP contribution in [0.3, 0.4) is 0 Å². The molecule has 0 saturated heterocycles. The molecule has 0 aromatic heterocycles. The van der Waals surface area contributed by atoms with Crippen molar-refractivity contribution >= 4 is 11.9 Å². The molecule has 1 unspecified atom stereocenters. The Balaban J connectivity index is 3.94. The molecule has 0 aliphatic heterocycles. The second-order valence-corrected chi connectivity index (χ2v) is 4.31. The van der Waals surface area contributed by atoms with Gasteiger partial charge in [0.15, 0.2) is 0 Å². The minimum atomic E-state index is -0.695. The summed E-state index contributed by atoms with van der Waals surface area (Å²) in [5.74, 6) is -0.234. The predicted molar refractivity (Wildman–Crippen MR) is 65.3 cm³/mol. The van der Waals surface area contributed by atoms with Gasteiger partial charge in [-0.25, -0.2) is 4.79 Å². The molecule has 0 bridgehead atoms. The molecule has 100 valence electrons. The minimum Gasteiger partial charge on any atom is -0.396 e. The van der Waals surface area contributed by atoms with Crippen molar-refractivity contribution in [2.45, 2.75) is 39.2 Å². The molecule has 0 rings (SSSR count). The molecule has 1 atom stereocenters. The molecular formula is C11H23N3O3. The zero-order valence-electron chi connectivity index (χ0n) is 10.5. The Bertz CT molecular complexity index is 244. The van der Waals surface area contributed by atoms with Gasteiger partial charge < -0.3 is 21.5 Å². The van der Waals surface area contributed by atoms with E-state index in [2.05, 4.69) is 10.6 Å². The first-order chi connectivity index (χ1) is 7.99. The van der Waals surface area contributed by atoms with Gasteiger partial charge >= 0.3 is 6.03 Å². The lowest BCUT2D eigenvalue weighted by Gasteiger charge is -2.20. The summed E-state index contributed by atoms with van der Waals surface area (Å²) in [7, 11) is 0. The summed E-state index contributed by atoms with van der Waals surface area (Å²) in [6, 6.07) is -1.29. The van der Waals surface area contributed by atoms with E-state index in [1.165, 1.54) is 0 Å². The van der Waals surface area contributed by atoms with Crippen LogP contribution in [0, 0.1) is 5.92 Å². The van der Waals surface area contributed by atoms with Crippen LogP contribution in [0.5, 0.6) is 0 Å².